The number of allylic oxidation sites excluding steroid dienone is 1. The highest BCUT2D eigenvalue weighted by Gasteiger charge is 2.35. The van der Waals surface area contributed by atoms with Crippen molar-refractivity contribution in [3.05, 3.63) is 68.8 Å². The molecule has 2 aromatic carbocycles. The number of nitrogens with zero attached hydrogens (tertiary/aromatic N) is 3. The van der Waals surface area contributed by atoms with Crippen LogP contribution in [-0.4, -0.2) is 40.2 Å². The monoisotopic (exact) mass is 590 g/mol. The predicted octanol–water partition coefficient (Wildman–Crippen LogP) is 7.31. The lowest BCUT2D eigenvalue weighted by Crippen LogP contribution is -2.29. The first kappa shape index (κ1) is 29.1. The fourth-order valence-electron chi connectivity index (χ4n) is 4.11. The highest BCUT2D eigenvalue weighted by molar-refractivity contribution is 7.99. The molecule has 3 aromatic rings. The number of anilines is 1. The van der Waals surface area contributed by atoms with Crippen molar-refractivity contribution >= 4 is 46.9 Å². The second-order valence-corrected chi connectivity index (χ2v) is 10.9. The highest BCUT2D eigenvalue weighted by atomic mass is 35.5. The van der Waals surface area contributed by atoms with Gasteiger partial charge in [-0.15, -0.1) is 5.10 Å². The number of rotatable bonds is 12. The van der Waals surface area contributed by atoms with Gasteiger partial charge in [0.15, 0.2) is 11.5 Å². The Morgan fingerprint density at radius 2 is 1.92 bits per heavy atom. The smallest absolute Gasteiger partial charge is 0.338 e. The molecule has 39 heavy (non-hydrogen) atoms. The number of nitrogens with one attached hydrogen (secondary N) is 1. The number of aromatic nitrogens is 3. The van der Waals surface area contributed by atoms with Gasteiger partial charge in [-0.05, 0) is 55.2 Å². The molecule has 8 nitrogen and oxygen atoms in total. The van der Waals surface area contributed by atoms with Gasteiger partial charge in [0, 0.05) is 11.4 Å². The van der Waals surface area contributed by atoms with Crippen LogP contribution in [0.3, 0.4) is 0 Å². The van der Waals surface area contributed by atoms with E-state index in [1.807, 2.05) is 31.2 Å². The molecule has 1 N–H and O–H groups in total. The normalized spacial score (nSPS) is 14.6. The van der Waals surface area contributed by atoms with E-state index < -0.39 is 6.04 Å². The molecule has 0 radical (unpaired) electrons. The second kappa shape index (κ2) is 13.5. The number of hydrogen-bond acceptors (Lipinski definition) is 8. The van der Waals surface area contributed by atoms with Crippen molar-refractivity contribution in [1.29, 1.82) is 0 Å². The van der Waals surface area contributed by atoms with Crippen LogP contribution in [0.1, 0.15) is 57.2 Å². The first-order chi connectivity index (χ1) is 18.9. The van der Waals surface area contributed by atoms with Gasteiger partial charge in [0.25, 0.3) is 0 Å². The first-order valence-electron chi connectivity index (χ1n) is 12.8. The lowest BCUT2D eigenvalue weighted by Gasteiger charge is -2.28. The Balaban J connectivity index is 1.68. The van der Waals surface area contributed by atoms with Crippen LogP contribution in [0.4, 0.5) is 5.95 Å². The van der Waals surface area contributed by atoms with E-state index in [-0.39, 0.29) is 12.6 Å². The number of thioether (sulfide) groups is 1. The van der Waals surface area contributed by atoms with Gasteiger partial charge in [-0.25, -0.2) is 9.48 Å². The predicted molar refractivity (Wildman–Crippen MR) is 155 cm³/mol. The maximum Gasteiger partial charge on any atom is 0.338 e. The number of esters is 1. The number of unbranched alkanes of at least 4 members (excludes halogenated alkanes) is 1. The quantitative estimate of drug-likeness (QED) is 0.133. The maximum atomic E-state index is 13.3. The lowest BCUT2D eigenvalue weighted by molar-refractivity contribution is -0.139. The molecular weight excluding hydrogens is 559 g/mol. The Hall–Kier alpha value is -2.88. The van der Waals surface area contributed by atoms with E-state index >= 15 is 0 Å². The van der Waals surface area contributed by atoms with Crippen LogP contribution in [-0.2, 0) is 16.1 Å². The summed E-state index contributed by atoms with van der Waals surface area (Å²) in [4.78, 5) is 18.0. The molecular formula is C28H32Cl2N4O4S. The Labute approximate surface area is 243 Å². The molecule has 1 aliphatic heterocycles. The Kier molecular flexibility index (Phi) is 10.0. The van der Waals surface area contributed by atoms with Gasteiger partial charge < -0.3 is 19.5 Å². The van der Waals surface area contributed by atoms with Crippen LogP contribution in [0.15, 0.2) is 52.8 Å². The number of halogens is 2. The second-order valence-electron chi connectivity index (χ2n) is 9.01. The van der Waals surface area contributed by atoms with Gasteiger partial charge >= 0.3 is 5.97 Å². The minimum Gasteiger partial charge on any atom is -0.493 e. The molecule has 0 saturated carbocycles. The molecule has 1 aliphatic rings. The summed E-state index contributed by atoms with van der Waals surface area (Å²) in [6.07, 6.45) is 2.72. The van der Waals surface area contributed by atoms with Gasteiger partial charge in [0.05, 0.1) is 29.3 Å². The van der Waals surface area contributed by atoms with Crippen LogP contribution < -0.4 is 14.8 Å². The molecule has 0 aliphatic carbocycles. The molecule has 0 bridgehead atoms. The number of methoxy groups -OCH3 is 1. The standard InChI is InChI=1S/C28H32Cl2N4O4S/c1-5-7-12-37-26(35)24-17(3)31-27-32-28(39-13-6-2)33-34(27)25(24)19-9-11-22(23(15-19)36-4)38-16-18-8-10-20(29)21(30)14-18/h8-11,14-15,25H,5-7,12-13,16H2,1-4H3,(H,31,32,33). The summed E-state index contributed by atoms with van der Waals surface area (Å²) in [6.45, 7) is 6.65. The van der Waals surface area contributed by atoms with Crippen LogP contribution in [0.2, 0.25) is 10.0 Å². The number of hydrogen-bond donors (Lipinski definition) is 1. The number of benzene rings is 2. The van der Waals surface area contributed by atoms with Crippen molar-refractivity contribution in [3.8, 4) is 11.5 Å². The topological polar surface area (TPSA) is 87.5 Å². The summed E-state index contributed by atoms with van der Waals surface area (Å²) in [5.41, 5.74) is 2.80. The van der Waals surface area contributed by atoms with E-state index in [1.54, 1.807) is 35.7 Å². The Morgan fingerprint density at radius 1 is 1.10 bits per heavy atom. The minimum absolute atomic E-state index is 0.277. The van der Waals surface area contributed by atoms with Crippen molar-refractivity contribution in [3.63, 3.8) is 0 Å². The molecule has 4 rings (SSSR count). The van der Waals surface area contributed by atoms with Crippen molar-refractivity contribution in [1.82, 2.24) is 14.8 Å². The number of ether oxygens (including phenoxy) is 3. The van der Waals surface area contributed by atoms with Crippen molar-refractivity contribution < 1.29 is 19.0 Å². The minimum atomic E-state index is -0.558. The average Bonchev–Trinajstić information content (AvgIpc) is 3.34. The summed E-state index contributed by atoms with van der Waals surface area (Å²) in [5.74, 6) is 2.14. The summed E-state index contributed by atoms with van der Waals surface area (Å²) in [7, 11) is 1.58. The van der Waals surface area contributed by atoms with Crippen molar-refractivity contribution in [2.24, 2.45) is 0 Å². The van der Waals surface area contributed by atoms with Crippen molar-refractivity contribution in [2.75, 3.05) is 24.8 Å². The van der Waals surface area contributed by atoms with E-state index in [0.29, 0.717) is 50.5 Å². The van der Waals surface area contributed by atoms with Crippen molar-refractivity contribution in [2.45, 2.75) is 57.8 Å². The third kappa shape index (κ3) is 6.83. The summed E-state index contributed by atoms with van der Waals surface area (Å²) < 4.78 is 19.1. The van der Waals surface area contributed by atoms with E-state index in [0.717, 1.165) is 36.1 Å². The average molecular weight is 592 g/mol. The number of carbonyl (C=O) groups excluding carboxylic acids is 1. The van der Waals surface area contributed by atoms with E-state index in [9.17, 15) is 4.79 Å². The van der Waals surface area contributed by atoms with E-state index in [2.05, 4.69) is 24.1 Å². The van der Waals surface area contributed by atoms with Crippen LogP contribution >= 0.6 is 35.0 Å². The third-order valence-corrected chi connectivity index (χ3v) is 7.88. The lowest BCUT2D eigenvalue weighted by atomic mass is 9.95. The van der Waals surface area contributed by atoms with E-state index in [4.69, 9.17) is 42.5 Å². The fraction of sp³-hybridized carbons (Fsp3) is 0.393. The van der Waals surface area contributed by atoms with Crippen LogP contribution in [0.5, 0.6) is 11.5 Å². The molecule has 0 spiro atoms. The largest absolute Gasteiger partial charge is 0.493 e. The zero-order valence-electron chi connectivity index (χ0n) is 22.4. The summed E-state index contributed by atoms with van der Waals surface area (Å²) in [5, 5.41) is 9.59. The highest BCUT2D eigenvalue weighted by Crippen LogP contribution is 2.40. The van der Waals surface area contributed by atoms with Gasteiger partial charge in [-0.1, -0.05) is 67.4 Å². The van der Waals surface area contributed by atoms with E-state index in [1.165, 1.54) is 0 Å². The molecule has 1 aromatic heterocycles. The fourth-order valence-corrected chi connectivity index (χ4v) is 5.11. The zero-order valence-corrected chi connectivity index (χ0v) is 24.8. The maximum absolute atomic E-state index is 13.3. The molecule has 1 unspecified atom stereocenters. The molecule has 11 heteroatoms. The molecule has 0 fully saturated rings. The Morgan fingerprint density at radius 3 is 2.64 bits per heavy atom. The van der Waals surface area contributed by atoms with Gasteiger partial charge in [-0.3, -0.25) is 0 Å². The third-order valence-electron chi connectivity index (χ3n) is 6.10. The number of carbonyl (C=O) groups is 1. The molecule has 0 saturated heterocycles. The Bertz CT molecular complexity index is 1360. The summed E-state index contributed by atoms with van der Waals surface area (Å²) >= 11 is 13.8. The molecule has 1 atom stereocenters. The zero-order chi connectivity index (χ0) is 27.9. The van der Waals surface area contributed by atoms with Gasteiger partial charge in [-0.2, -0.15) is 4.98 Å². The van der Waals surface area contributed by atoms with Gasteiger partial charge in [0.1, 0.15) is 12.6 Å². The SMILES string of the molecule is CCCCOC(=O)C1=C(C)Nc2nc(SCCC)nn2C1c1ccc(OCc2ccc(Cl)c(Cl)c2)c(OC)c1. The molecule has 2 heterocycles. The van der Waals surface area contributed by atoms with Gasteiger partial charge in [0.2, 0.25) is 11.1 Å². The molecule has 0 amide bonds. The van der Waals surface area contributed by atoms with Crippen LogP contribution in [0, 0.1) is 0 Å². The molecule has 208 valence electrons. The first-order valence-corrected chi connectivity index (χ1v) is 14.6. The van der Waals surface area contributed by atoms with Crippen LogP contribution in [0.25, 0.3) is 0 Å². The summed E-state index contributed by atoms with van der Waals surface area (Å²) in [6, 6.07) is 10.4. The number of fused-ring (bicyclic) bond motifs is 1.